The molecule has 1 aromatic heterocycles. The molecule has 394 valence electrons. The van der Waals surface area contributed by atoms with Crippen molar-refractivity contribution in [2.75, 3.05) is 24.7 Å². The number of piperidine rings is 1. The number of amides is 6. The summed E-state index contributed by atoms with van der Waals surface area (Å²) >= 11 is 0. The molecule has 10 rings (SSSR count). The van der Waals surface area contributed by atoms with Crippen molar-refractivity contribution in [2.45, 2.75) is 114 Å². The molecule has 1 unspecified atom stereocenters. The highest BCUT2D eigenvalue weighted by molar-refractivity contribution is 6.07. The Bertz CT molecular complexity index is 3230. The summed E-state index contributed by atoms with van der Waals surface area (Å²) in [5.74, 6) is -2.25. The fourth-order valence-electron chi connectivity index (χ4n) is 11.5. The Hall–Kier alpha value is -7.89. The summed E-state index contributed by atoms with van der Waals surface area (Å²) in [5.41, 5.74) is 16.6. The third kappa shape index (κ3) is 10.7. The van der Waals surface area contributed by atoms with Crippen LogP contribution in [0.5, 0.6) is 0 Å². The van der Waals surface area contributed by atoms with Gasteiger partial charge in [0.05, 0.1) is 42.1 Å². The number of imide groups is 1. The van der Waals surface area contributed by atoms with Gasteiger partial charge in [-0.2, -0.15) is 0 Å². The molecule has 17 nitrogen and oxygen atoms in total. The third-order valence-electron chi connectivity index (χ3n) is 15.5. The number of hydrogen-bond acceptors (Lipinski definition) is 10. The van der Waals surface area contributed by atoms with E-state index in [0.717, 1.165) is 62.0 Å². The molecule has 6 aromatic rings. The molecule has 5 aromatic carbocycles. The lowest BCUT2D eigenvalue weighted by Gasteiger charge is -2.31. The molecular formula is C59H63N7O10. The number of aromatic nitrogens is 2. The first-order chi connectivity index (χ1) is 36.8. The minimum Gasteiger partial charge on any atom is -0.449 e. The second-order valence-corrected chi connectivity index (χ2v) is 20.3. The number of carbonyl (C=O) groups excluding carboxylic acids is 6. The quantitative estimate of drug-likeness (QED) is 0.0518. The maximum absolute atomic E-state index is 14.5. The van der Waals surface area contributed by atoms with Crippen molar-refractivity contribution in [3.05, 3.63) is 159 Å². The molecule has 0 saturated carbocycles. The van der Waals surface area contributed by atoms with Crippen LogP contribution >= 0.6 is 0 Å². The maximum atomic E-state index is 14.5. The van der Waals surface area contributed by atoms with Gasteiger partial charge in [0.15, 0.2) is 0 Å². The minimum absolute atomic E-state index is 0.0109. The second-order valence-electron chi connectivity index (χ2n) is 20.3. The molecule has 5 atom stereocenters. The fraction of sp³-hybridized carbons (Fsp3) is 0.373. The molecular weight excluding hydrogens is 967 g/mol. The molecule has 0 spiro atoms. The van der Waals surface area contributed by atoms with Gasteiger partial charge >= 0.3 is 11.8 Å². The Morgan fingerprint density at radius 2 is 1.51 bits per heavy atom. The number of nitrogens with two attached hydrogens (primary N) is 1. The SMILES string of the molecule is C[C@@H](OCc1ccc(CCOCCCc2cccc3c2n(C)c(=O)n3C2CCC(=O)NC2=O)cc1)[C@H](CCC(N)=O)NC(=O)[C@@H]1Cc2cccc3c2N1C(=O)[C@@H](NC(=O)OCC1c2ccccc2-c2ccccc21)CC3. The average Bonchev–Trinajstić information content (AvgIpc) is 4.03. The van der Waals surface area contributed by atoms with E-state index in [-0.39, 0.29) is 62.8 Å². The first-order valence-electron chi connectivity index (χ1n) is 26.3. The molecule has 5 N–H and O–H groups in total. The van der Waals surface area contributed by atoms with Crippen LogP contribution in [-0.4, -0.2) is 88.8 Å². The van der Waals surface area contributed by atoms with Crippen LogP contribution in [0.3, 0.4) is 0 Å². The summed E-state index contributed by atoms with van der Waals surface area (Å²) in [7, 11) is 1.70. The monoisotopic (exact) mass is 1030 g/mol. The highest BCUT2D eigenvalue weighted by Crippen LogP contribution is 2.45. The second kappa shape index (κ2) is 22.5. The summed E-state index contributed by atoms with van der Waals surface area (Å²) in [6.07, 6.45) is 2.64. The van der Waals surface area contributed by atoms with Crippen LogP contribution in [0, 0.1) is 0 Å². The minimum atomic E-state index is -0.940. The number of rotatable bonds is 20. The highest BCUT2D eigenvalue weighted by Gasteiger charge is 2.45. The lowest BCUT2D eigenvalue weighted by Crippen LogP contribution is -2.56. The van der Waals surface area contributed by atoms with Gasteiger partial charge in [0.1, 0.15) is 24.7 Å². The molecule has 76 heavy (non-hydrogen) atoms. The number of anilines is 1. The van der Waals surface area contributed by atoms with Crippen molar-refractivity contribution in [3.8, 4) is 11.1 Å². The van der Waals surface area contributed by atoms with Gasteiger partial charge in [-0.3, -0.25) is 43.3 Å². The van der Waals surface area contributed by atoms with Crippen LogP contribution in [0.2, 0.25) is 0 Å². The van der Waals surface area contributed by atoms with Gasteiger partial charge in [-0.25, -0.2) is 9.59 Å². The van der Waals surface area contributed by atoms with E-state index in [2.05, 4.69) is 28.1 Å². The van der Waals surface area contributed by atoms with E-state index in [1.807, 2.05) is 104 Å². The molecule has 1 fully saturated rings. The zero-order valence-corrected chi connectivity index (χ0v) is 42.8. The summed E-state index contributed by atoms with van der Waals surface area (Å²) in [6.45, 7) is 3.19. The molecule has 3 aliphatic heterocycles. The van der Waals surface area contributed by atoms with Crippen molar-refractivity contribution in [3.63, 3.8) is 0 Å². The van der Waals surface area contributed by atoms with Gasteiger partial charge in [0.25, 0.3) is 0 Å². The third-order valence-corrected chi connectivity index (χ3v) is 15.5. The van der Waals surface area contributed by atoms with E-state index in [1.165, 1.54) is 9.47 Å². The topological polar surface area (TPSA) is 222 Å². The van der Waals surface area contributed by atoms with Crippen LogP contribution in [0.4, 0.5) is 10.5 Å². The molecule has 0 radical (unpaired) electrons. The smallest absolute Gasteiger partial charge is 0.407 e. The summed E-state index contributed by atoms with van der Waals surface area (Å²) in [6, 6.07) is 32.5. The van der Waals surface area contributed by atoms with Gasteiger partial charge in [-0.05, 0) is 108 Å². The maximum Gasteiger partial charge on any atom is 0.407 e. The lowest BCUT2D eigenvalue weighted by atomic mass is 9.98. The summed E-state index contributed by atoms with van der Waals surface area (Å²) < 4.78 is 21.3. The average molecular weight is 1030 g/mol. The van der Waals surface area contributed by atoms with Crippen LogP contribution in [0.25, 0.3) is 22.2 Å². The van der Waals surface area contributed by atoms with Gasteiger partial charge in [-0.1, -0.05) is 103 Å². The number of ether oxygens (including phenoxy) is 3. The number of carbonyl (C=O) groups is 6. The standard InChI is InChI=1S/C59H63N7O10/c1-35(75-33-37-21-19-36(20-22-37)29-31-74-30-9-13-38-11-8-18-48-54(38)64(2)59(73)65(48)49-26-28-52(68)63-55(49)69)46(25-27-51(60)67)61-56(70)50-32-40-12-7-10-39-23-24-47(57(71)66(50)53(39)40)62-58(72)76-34-45-43-16-5-3-14-41(43)42-15-4-6-17-44(42)45/h3-8,10-12,14-22,35,45-47,49-50H,9,13,23-34H2,1-2H3,(H2,60,67)(H,61,70)(H,62,72)(H,63,68,69)/t35-,46+,47+,49?,50+/m1/s1. The van der Waals surface area contributed by atoms with Gasteiger partial charge < -0.3 is 30.6 Å². The number of aryl methyl sites for hydroxylation is 3. The van der Waals surface area contributed by atoms with E-state index >= 15 is 0 Å². The molecule has 1 aliphatic carbocycles. The molecule has 17 heteroatoms. The zero-order valence-electron chi connectivity index (χ0n) is 42.8. The first-order valence-corrected chi connectivity index (χ1v) is 26.3. The molecule has 0 bridgehead atoms. The number of alkyl carbamates (subject to hydrolysis) is 1. The Morgan fingerprint density at radius 3 is 2.25 bits per heavy atom. The fourth-order valence-corrected chi connectivity index (χ4v) is 11.5. The van der Waals surface area contributed by atoms with Crippen LogP contribution < -0.4 is 32.3 Å². The lowest BCUT2D eigenvalue weighted by molar-refractivity contribution is -0.135. The van der Waals surface area contributed by atoms with Gasteiger partial charge in [-0.15, -0.1) is 0 Å². The Morgan fingerprint density at radius 1 is 0.803 bits per heavy atom. The van der Waals surface area contributed by atoms with E-state index in [0.29, 0.717) is 50.1 Å². The van der Waals surface area contributed by atoms with Crippen molar-refractivity contribution >= 4 is 52.3 Å². The van der Waals surface area contributed by atoms with Crippen molar-refractivity contribution in [1.29, 1.82) is 0 Å². The largest absolute Gasteiger partial charge is 0.449 e. The van der Waals surface area contributed by atoms with Crippen molar-refractivity contribution in [2.24, 2.45) is 12.8 Å². The summed E-state index contributed by atoms with van der Waals surface area (Å²) in [4.78, 5) is 93.8. The molecule has 6 amide bonds. The Kier molecular flexibility index (Phi) is 15.3. The molecule has 4 heterocycles. The number of hydrogen-bond donors (Lipinski definition) is 4. The summed E-state index contributed by atoms with van der Waals surface area (Å²) in [5, 5.41) is 8.31. The van der Waals surface area contributed by atoms with Gasteiger partial charge in [0.2, 0.25) is 29.5 Å². The first kappa shape index (κ1) is 51.6. The zero-order chi connectivity index (χ0) is 53.0. The number of nitrogens with one attached hydrogen (secondary N) is 3. The highest BCUT2D eigenvalue weighted by atomic mass is 16.5. The van der Waals surface area contributed by atoms with Gasteiger partial charge in [0, 0.05) is 38.8 Å². The molecule has 1 saturated heterocycles. The van der Waals surface area contributed by atoms with Crippen LogP contribution in [0.15, 0.2) is 114 Å². The number of benzene rings is 5. The Balaban J connectivity index is 0.710. The number of para-hydroxylation sites is 2. The van der Waals surface area contributed by atoms with Crippen LogP contribution in [-0.2, 0) is 77.5 Å². The van der Waals surface area contributed by atoms with Crippen LogP contribution in [0.1, 0.15) is 96.4 Å². The molecule has 4 aliphatic rings. The Labute approximate surface area is 440 Å². The van der Waals surface area contributed by atoms with E-state index < -0.39 is 60.0 Å². The predicted molar refractivity (Wildman–Crippen MR) is 284 cm³/mol. The van der Waals surface area contributed by atoms with E-state index in [9.17, 15) is 33.6 Å². The number of fused-ring (bicyclic) bond motifs is 4. The van der Waals surface area contributed by atoms with E-state index in [1.54, 1.807) is 11.6 Å². The van der Waals surface area contributed by atoms with E-state index in [4.69, 9.17) is 19.9 Å². The van der Waals surface area contributed by atoms with Crippen molar-refractivity contribution in [1.82, 2.24) is 25.1 Å². The number of primary amides is 1. The number of nitrogens with zero attached hydrogens (tertiary/aromatic N) is 3. The predicted octanol–water partition coefficient (Wildman–Crippen LogP) is 5.98. The number of imidazole rings is 1. The van der Waals surface area contributed by atoms with Crippen molar-refractivity contribution < 1.29 is 43.0 Å². The normalized spacial score (nSPS) is 18.6.